The van der Waals surface area contributed by atoms with E-state index in [1.54, 1.807) is 7.05 Å². The molecule has 8 heteroatoms. The SMILES string of the molecule is CNC(=O)Oc1ccc(C2=C[C@@]3(C)[C@@H](CCC34OCCO4)[C@@H]3C[C@@H]4O[C@@]45CC4(CC[C@]5(C)[C@@H]23)OCCO4)cc1. The van der Waals surface area contributed by atoms with E-state index in [1.165, 1.54) is 5.57 Å². The maximum atomic E-state index is 11.8. The van der Waals surface area contributed by atoms with E-state index in [9.17, 15) is 4.79 Å². The highest BCUT2D eigenvalue weighted by atomic mass is 16.7. The minimum atomic E-state index is -0.557. The van der Waals surface area contributed by atoms with Crippen LogP contribution in [0.5, 0.6) is 5.75 Å². The normalized spacial score (nSPS) is 44.2. The van der Waals surface area contributed by atoms with Gasteiger partial charge in [0.1, 0.15) is 11.4 Å². The van der Waals surface area contributed by atoms with Crippen molar-refractivity contribution in [2.24, 2.45) is 28.6 Å². The zero-order chi connectivity index (χ0) is 26.7. The summed E-state index contributed by atoms with van der Waals surface area (Å²) in [4.78, 5) is 11.8. The van der Waals surface area contributed by atoms with Gasteiger partial charge in [-0.25, -0.2) is 4.79 Å². The summed E-state index contributed by atoms with van der Waals surface area (Å²) in [6, 6.07) is 8.00. The number of carbonyl (C=O) groups excluding carboxylic acids is 1. The van der Waals surface area contributed by atoms with E-state index < -0.39 is 17.7 Å². The lowest BCUT2D eigenvalue weighted by Crippen LogP contribution is -2.61. The van der Waals surface area contributed by atoms with Crippen LogP contribution in [0.1, 0.15) is 57.9 Å². The smallest absolute Gasteiger partial charge is 0.410 e. The molecular formula is C31H39NO7. The monoisotopic (exact) mass is 537 g/mol. The molecule has 1 amide bonds. The fraction of sp³-hybridized carbons (Fsp3) is 0.710. The second-order valence-corrected chi connectivity index (χ2v) is 13.2. The molecule has 7 aliphatic rings. The van der Waals surface area contributed by atoms with Crippen LogP contribution in [0.25, 0.3) is 5.57 Å². The maximum absolute atomic E-state index is 11.8. The molecule has 0 unspecified atom stereocenters. The predicted octanol–water partition coefficient (Wildman–Crippen LogP) is 4.67. The van der Waals surface area contributed by atoms with E-state index in [4.69, 9.17) is 28.4 Å². The van der Waals surface area contributed by atoms with Gasteiger partial charge in [-0.3, -0.25) is 0 Å². The molecule has 3 spiro atoms. The third kappa shape index (κ3) is 3.15. The van der Waals surface area contributed by atoms with Gasteiger partial charge in [0.2, 0.25) is 0 Å². The van der Waals surface area contributed by atoms with E-state index in [0.29, 0.717) is 49.9 Å². The van der Waals surface area contributed by atoms with Gasteiger partial charge in [0, 0.05) is 37.1 Å². The zero-order valence-electron chi connectivity index (χ0n) is 23.1. The lowest BCUT2D eigenvalue weighted by molar-refractivity contribution is -0.227. The van der Waals surface area contributed by atoms with E-state index in [1.807, 2.05) is 12.1 Å². The number of fused-ring (bicyclic) bond motifs is 5. The van der Waals surface area contributed by atoms with Gasteiger partial charge in [-0.15, -0.1) is 0 Å². The van der Waals surface area contributed by atoms with Crippen LogP contribution >= 0.6 is 0 Å². The van der Waals surface area contributed by atoms with E-state index in [0.717, 1.165) is 44.1 Å². The Balaban J connectivity index is 1.24. The van der Waals surface area contributed by atoms with Crippen LogP contribution in [0.3, 0.4) is 0 Å². The van der Waals surface area contributed by atoms with Gasteiger partial charge >= 0.3 is 6.09 Å². The average molecular weight is 538 g/mol. The Morgan fingerprint density at radius 2 is 1.69 bits per heavy atom. The number of allylic oxidation sites excluding steroid dienone is 1. The van der Waals surface area contributed by atoms with Crippen LogP contribution in [0.4, 0.5) is 4.79 Å². The first-order valence-corrected chi connectivity index (χ1v) is 14.7. The topological polar surface area (TPSA) is 87.8 Å². The Kier molecular flexibility index (Phi) is 5.13. The highest BCUT2D eigenvalue weighted by Gasteiger charge is 2.79. The number of nitrogens with one attached hydrogen (secondary N) is 1. The number of rotatable bonds is 2. The summed E-state index contributed by atoms with van der Waals surface area (Å²) in [5, 5.41) is 2.52. The molecule has 3 saturated carbocycles. The molecule has 3 heterocycles. The van der Waals surface area contributed by atoms with Crippen LogP contribution in [0.2, 0.25) is 0 Å². The molecule has 0 aromatic heterocycles. The third-order valence-electron chi connectivity index (χ3n) is 11.8. The fourth-order valence-electron chi connectivity index (χ4n) is 9.99. The van der Waals surface area contributed by atoms with Gasteiger partial charge in [-0.1, -0.05) is 32.1 Å². The van der Waals surface area contributed by atoms with Crippen LogP contribution in [0.15, 0.2) is 30.3 Å². The van der Waals surface area contributed by atoms with Crippen molar-refractivity contribution in [3.8, 4) is 5.75 Å². The highest BCUT2D eigenvalue weighted by Crippen LogP contribution is 2.76. The Labute approximate surface area is 229 Å². The Bertz CT molecular complexity index is 1220. The minimum Gasteiger partial charge on any atom is -0.410 e. The van der Waals surface area contributed by atoms with Gasteiger partial charge in [0.05, 0.1) is 32.5 Å². The molecular weight excluding hydrogens is 498 g/mol. The van der Waals surface area contributed by atoms with Crippen molar-refractivity contribution >= 4 is 11.7 Å². The van der Waals surface area contributed by atoms with Gasteiger partial charge in [0.15, 0.2) is 11.6 Å². The zero-order valence-corrected chi connectivity index (χ0v) is 23.1. The fourth-order valence-corrected chi connectivity index (χ4v) is 9.99. The number of ether oxygens (including phenoxy) is 6. The molecule has 7 atom stereocenters. The molecule has 1 aromatic rings. The summed E-state index contributed by atoms with van der Waals surface area (Å²) < 4.78 is 37.5. The number of amides is 1. The average Bonchev–Trinajstić information content (AvgIpc) is 3.28. The molecule has 8 nitrogen and oxygen atoms in total. The van der Waals surface area contributed by atoms with Crippen molar-refractivity contribution in [3.05, 3.63) is 35.9 Å². The van der Waals surface area contributed by atoms with Crippen LogP contribution < -0.4 is 10.1 Å². The second kappa shape index (κ2) is 8.07. The van der Waals surface area contributed by atoms with Gasteiger partial charge in [0.25, 0.3) is 0 Å². The summed E-state index contributed by atoms with van der Waals surface area (Å²) in [5.74, 6) is 0.745. The highest BCUT2D eigenvalue weighted by molar-refractivity contribution is 5.73. The summed E-state index contributed by atoms with van der Waals surface area (Å²) in [7, 11) is 1.56. The molecule has 1 N–H and O–H groups in total. The van der Waals surface area contributed by atoms with E-state index in [-0.39, 0.29) is 22.5 Å². The second-order valence-electron chi connectivity index (χ2n) is 13.2. The number of epoxide rings is 1. The van der Waals surface area contributed by atoms with Crippen LogP contribution in [-0.4, -0.2) is 62.8 Å². The Hall–Kier alpha value is -1.97. The lowest BCUT2D eigenvalue weighted by atomic mass is 9.44. The molecule has 6 fully saturated rings. The molecule has 3 aliphatic heterocycles. The summed E-state index contributed by atoms with van der Waals surface area (Å²) in [6.07, 6.45) is 8.07. The van der Waals surface area contributed by atoms with Crippen molar-refractivity contribution in [1.29, 1.82) is 0 Å². The Morgan fingerprint density at radius 1 is 0.974 bits per heavy atom. The van der Waals surface area contributed by atoms with Crippen molar-refractivity contribution in [3.63, 3.8) is 0 Å². The molecule has 0 bridgehead atoms. The van der Waals surface area contributed by atoms with Crippen molar-refractivity contribution in [2.45, 2.75) is 75.7 Å². The lowest BCUT2D eigenvalue weighted by Gasteiger charge is -2.60. The number of hydrogen-bond acceptors (Lipinski definition) is 7. The molecule has 210 valence electrons. The van der Waals surface area contributed by atoms with E-state index in [2.05, 4.69) is 37.4 Å². The summed E-state index contributed by atoms with van der Waals surface area (Å²) in [5.41, 5.74) is 2.03. The molecule has 4 aliphatic carbocycles. The van der Waals surface area contributed by atoms with Crippen molar-refractivity contribution in [1.82, 2.24) is 5.32 Å². The van der Waals surface area contributed by atoms with E-state index >= 15 is 0 Å². The number of benzene rings is 1. The van der Waals surface area contributed by atoms with Gasteiger partial charge in [-0.2, -0.15) is 0 Å². The van der Waals surface area contributed by atoms with Crippen LogP contribution in [-0.2, 0) is 23.7 Å². The first-order chi connectivity index (χ1) is 18.8. The predicted molar refractivity (Wildman–Crippen MR) is 141 cm³/mol. The number of carbonyl (C=O) groups is 1. The first-order valence-electron chi connectivity index (χ1n) is 14.7. The Morgan fingerprint density at radius 3 is 2.41 bits per heavy atom. The van der Waals surface area contributed by atoms with Gasteiger partial charge in [-0.05, 0) is 60.3 Å². The largest absolute Gasteiger partial charge is 0.412 e. The maximum Gasteiger partial charge on any atom is 0.412 e. The first kappa shape index (κ1) is 24.8. The molecule has 0 radical (unpaired) electrons. The van der Waals surface area contributed by atoms with Crippen LogP contribution in [0, 0.1) is 28.6 Å². The van der Waals surface area contributed by atoms with Gasteiger partial charge < -0.3 is 33.7 Å². The van der Waals surface area contributed by atoms with Crippen molar-refractivity contribution in [2.75, 3.05) is 33.5 Å². The third-order valence-corrected chi connectivity index (χ3v) is 11.8. The molecule has 1 aromatic carbocycles. The minimum absolute atomic E-state index is 0.0429. The summed E-state index contributed by atoms with van der Waals surface area (Å²) >= 11 is 0. The molecule has 39 heavy (non-hydrogen) atoms. The standard InChI is InChI=1S/C31H39NO7/c1-27-10-11-29(34-12-13-35-29)18-30(27)24(39-30)16-21-23-8-9-31(36-14-15-37-31)28(23,2)17-22(25(21)27)19-4-6-20(7-5-19)38-26(33)32-3/h4-7,17,21,23-25H,8-16,18H2,1-3H3,(H,32,33)/t21-,23-,24-,25+,27+,28-,30-/m0/s1. The molecule has 8 rings (SSSR count). The summed E-state index contributed by atoms with van der Waals surface area (Å²) in [6.45, 7) is 7.48. The quantitative estimate of drug-likeness (QED) is 0.549. The number of hydrogen-bond donors (Lipinski definition) is 1. The van der Waals surface area contributed by atoms with Crippen molar-refractivity contribution < 1.29 is 33.2 Å². The molecule has 3 saturated heterocycles.